The lowest BCUT2D eigenvalue weighted by atomic mass is 10.7. The van der Waals surface area contributed by atoms with Crippen molar-refractivity contribution in [2.24, 2.45) is 0 Å². The monoisotopic (exact) mass is 82.1 g/mol. The van der Waals surface area contributed by atoms with Gasteiger partial charge >= 0.3 is 0 Å². The molecule has 0 atom stereocenters. The van der Waals surface area contributed by atoms with Crippen LogP contribution < -0.4 is 5.32 Å². The molecule has 0 aliphatic rings. The van der Waals surface area contributed by atoms with Gasteiger partial charge in [0.2, 0.25) is 0 Å². The van der Waals surface area contributed by atoms with Crippen LogP contribution in [0.25, 0.3) is 0 Å². The van der Waals surface area contributed by atoms with Gasteiger partial charge in [0, 0.05) is 0 Å². The average Bonchev–Trinajstić information content (AvgIpc) is 1.61. The first-order chi connectivity index (χ1) is 2.91. The normalized spacial score (nSPS) is 5.83. The molecule has 6 heavy (non-hydrogen) atoms. The predicted molar refractivity (Wildman–Crippen MR) is 23.8 cm³/mol. The minimum absolute atomic E-state index is 0.351. The molecule has 2 heteroatoms. The first kappa shape index (κ1) is 5.03. The first-order valence-corrected chi connectivity index (χ1v) is 1.63. The van der Waals surface area contributed by atoms with Crippen molar-refractivity contribution in [1.29, 1.82) is 5.26 Å². The molecule has 0 rings (SSSR count). The van der Waals surface area contributed by atoms with E-state index in [0.29, 0.717) is 6.54 Å². The molecule has 0 fully saturated rings. The topological polar surface area (TPSA) is 35.8 Å². The number of nitrogens with zero attached hydrogens (tertiary/aromatic N) is 1. The second-order valence-electron chi connectivity index (χ2n) is 0.743. The van der Waals surface area contributed by atoms with Crippen LogP contribution in [0, 0.1) is 11.3 Å². The van der Waals surface area contributed by atoms with Crippen molar-refractivity contribution >= 4 is 0 Å². The molecule has 0 amide bonds. The summed E-state index contributed by atoms with van der Waals surface area (Å²) in [5.74, 6) is 0. The summed E-state index contributed by atoms with van der Waals surface area (Å²) in [6, 6.07) is 1.89. The van der Waals surface area contributed by atoms with Crippen LogP contribution in [0.4, 0.5) is 0 Å². The maximum atomic E-state index is 7.84. The Morgan fingerprint density at radius 3 is 2.83 bits per heavy atom. The second kappa shape index (κ2) is 4.03. The summed E-state index contributed by atoms with van der Waals surface area (Å²) in [4.78, 5) is 0. The SMILES string of the molecule is C=CNCC#N. The highest BCUT2D eigenvalue weighted by atomic mass is 14.8. The van der Waals surface area contributed by atoms with E-state index >= 15 is 0 Å². The maximum Gasteiger partial charge on any atom is 0.102 e. The summed E-state index contributed by atoms with van der Waals surface area (Å²) in [5.41, 5.74) is 0. The van der Waals surface area contributed by atoms with Gasteiger partial charge < -0.3 is 5.32 Å². The highest BCUT2D eigenvalue weighted by Gasteiger charge is 1.63. The Labute approximate surface area is 37.1 Å². The summed E-state index contributed by atoms with van der Waals surface area (Å²) in [6.45, 7) is 3.69. The summed E-state index contributed by atoms with van der Waals surface area (Å²) in [7, 11) is 0. The molecule has 0 saturated carbocycles. The highest BCUT2D eigenvalue weighted by Crippen LogP contribution is 1.48. The average molecular weight is 82.1 g/mol. The van der Waals surface area contributed by atoms with E-state index < -0.39 is 0 Å². The molecule has 0 unspecified atom stereocenters. The Morgan fingerprint density at radius 2 is 2.67 bits per heavy atom. The fourth-order valence-electron chi connectivity index (χ4n) is 0.118. The van der Waals surface area contributed by atoms with Crippen LogP contribution in [0.15, 0.2) is 12.8 Å². The van der Waals surface area contributed by atoms with Gasteiger partial charge in [-0.2, -0.15) is 5.26 Å². The quantitative estimate of drug-likeness (QED) is 0.382. The Bertz CT molecular complexity index is 70.1. The Morgan fingerprint density at radius 1 is 2.00 bits per heavy atom. The molecule has 1 N–H and O–H groups in total. The van der Waals surface area contributed by atoms with Crippen LogP contribution >= 0.6 is 0 Å². The molecule has 0 aromatic carbocycles. The summed E-state index contributed by atoms with van der Waals surface area (Å²) in [5, 5.41) is 10.4. The molecule has 0 aliphatic heterocycles. The van der Waals surface area contributed by atoms with Gasteiger partial charge in [0.1, 0.15) is 6.54 Å². The van der Waals surface area contributed by atoms with E-state index in [-0.39, 0.29) is 0 Å². The van der Waals surface area contributed by atoms with Gasteiger partial charge in [-0.15, -0.1) is 0 Å². The molecule has 0 spiro atoms. The van der Waals surface area contributed by atoms with Crippen molar-refractivity contribution in [3.05, 3.63) is 12.8 Å². The van der Waals surface area contributed by atoms with Crippen LogP contribution in [0.5, 0.6) is 0 Å². The number of hydrogen-bond acceptors (Lipinski definition) is 2. The van der Waals surface area contributed by atoms with E-state index in [9.17, 15) is 0 Å². The van der Waals surface area contributed by atoms with Gasteiger partial charge in [-0.1, -0.05) is 6.58 Å². The third-order valence-corrected chi connectivity index (χ3v) is 0.325. The zero-order valence-electron chi connectivity index (χ0n) is 3.44. The second-order valence-corrected chi connectivity index (χ2v) is 0.743. The maximum absolute atomic E-state index is 7.84. The lowest BCUT2D eigenvalue weighted by Crippen LogP contribution is -2.01. The van der Waals surface area contributed by atoms with Crippen LogP contribution in [0.2, 0.25) is 0 Å². The van der Waals surface area contributed by atoms with Crippen LogP contribution in [0.3, 0.4) is 0 Å². The van der Waals surface area contributed by atoms with Crippen LogP contribution in [-0.4, -0.2) is 6.54 Å². The number of rotatable bonds is 2. The molecule has 0 aliphatic carbocycles. The number of nitriles is 1. The van der Waals surface area contributed by atoms with Crippen molar-refractivity contribution < 1.29 is 0 Å². The Hall–Kier alpha value is -0.970. The summed E-state index contributed by atoms with van der Waals surface area (Å²) in [6.07, 6.45) is 1.49. The standard InChI is InChI=1S/C4H6N2/c1-2-6-4-3-5/h2,6H,1,4H2. The Kier molecular flexibility index (Phi) is 3.38. The van der Waals surface area contributed by atoms with E-state index in [0.717, 1.165) is 0 Å². The van der Waals surface area contributed by atoms with E-state index in [4.69, 9.17) is 5.26 Å². The molecule has 0 aromatic heterocycles. The van der Waals surface area contributed by atoms with E-state index in [1.807, 2.05) is 6.07 Å². The number of nitrogens with one attached hydrogen (secondary N) is 1. The molecule has 0 aromatic rings. The molecule has 0 saturated heterocycles. The van der Waals surface area contributed by atoms with Crippen molar-refractivity contribution in [3.8, 4) is 6.07 Å². The van der Waals surface area contributed by atoms with Gasteiger partial charge in [0.05, 0.1) is 6.07 Å². The zero-order valence-corrected chi connectivity index (χ0v) is 3.44. The fourth-order valence-corrected chi connectivity index (χ4v) is 0.118. The largest absolute Gasteiger partial charge is 0.379 e. The molecule has 0 radical (unpaired) electrons. The van der Waals surface area contributed by atoms with Gasteiger partial charge in [0.15, 0.2) is 0 Å². The van der Waals surface area contributed by atoms with E-state index in [1.165, 1.54) is 6.20 Å². The molecule has 32 valence electrons. The molecular formula is C4H6N2. The van der Waals surface area contributed by atoms with E-state index in [2.05, 4.69) is 11.9 Å². The molecule has 2 nitrogen and oxygen atoms in total. The van der Waals surface area contributed by atoms with E-state index in [1.54, 1.807) is 0 Å². The highest BCUT2D eigenvalue weighted by molar-refractivity contribution is 4.77. The van der Waals surface area contributed by atoms with Crippen molar-refractivity contribution in [1.82, 2.24) is 5.32 Å². The van der Waals surface area contributed by atoms with Crippen molar-refractivity contribution in [3.63, 3.8) is 0 Å². The molecular weight excluding hydrogens is 76.1 g/mol. The lowest BCUT2D eigenvalue weighted by molar-refractivity contribution is 0.998. The molecule has 0 heterocycles. The third-order valence-electron chi connectivity index (χ3n) is 0.325. The first-order valence-electron chi connectivity index (χ1n) is 1.63. The molecule has 0 bridgehead atoms. The van der Waals surface area contributed by atoms with Gasteiger partial charge in [-0.25, -0.2) is 0 Å². The van der Waals surface area contributed by atoms with Gasteiger partial charge in [0.25, 0.3) is 0 Å². The van der Waals surface area contributed by atoms with Gasteiger partial charge in [-0.05, 0) is 6.20 Å². The van der Waals surface area contributed by atoms with Crippen molar-refractivity contribution in [2.75, 3.05) is 6.54 Å². The van der Waals surface area contributed by atoms with Gasteiger partial charge in [-0.3, -0.25) is 0 Å². The third kappa shape index (κ3) is 3.03. The predicted octanol–water partition coefficient (Wildman–Crippen LogP) is 0.243. The fraction of sp³-hybridized carbons (Fsp3) is 0.250. The lowest BCUT2D eigenvalue weighted by Gasteiger charge is -1.80. The zero-order chi connectivity index (χ0) is 4.83. The minimum atomic E-state index is 0.351. The van der Waals surface area contributed by atoms with Crippen LogP contribution in [0.1, 0.15) is 0 Å². The van der Waals surface area contributed by atoms with Crippen LogP contribution in [-0.2, 0) is 0 Å². The summed E-state index contributed by atoms with van der Waals surface area (Å²) >= 11 is 0. The number of hydrogen-bond donors (Lipinski definition) is 1. The minimum Gasteiger partial charge on any atom is -0.379 e. The van der Waals surface area contributed by atoms with Crippen molar-refractivity contribution in [2.45, 2.75) is 0 Å². The Balaban J connectivity index is 2.72. The summed E-state index contributed by atoms with van der Waals surface area (Å²) < 4.78 is 0. The smallest absolute Gasteiger partial charge is 0.102 e.